The summed E-state index contributed by atoms with van der Waals surface area (Å²) in [6.45, 7) is 7.84. The number of thiazole rings is 1. The van der Waals surface area contributed by atoms with Crippen molar-refractivity contribution in [1.82, 2.24) is 20.5 Å². The predicted molar refractivity (Wildman–Crippen MR) is 150 cm³/mol. The van der Waals surface area contributed by atoms with Crippen molar-refractivity contribution in [3.8, 4) is 26.8 Å². The first-order valence-electron chi connectivity index (χ1n) is 12.3. The zero-order valence-corrected chi connectivity index (χ0v) is 23.1. The van der Waals surface area contributed by atoms with Gasteiger partial charge in [0.15, 0.2) is 0 Å². The van der Waals surface area contributed by atoms with E-state index in [4.69, 9.17) is 9.72 Å². The summed E-state index contributed by atoms with van der Waals surface area (Å²) in [4.78, 5) is 20.5. The summed E-state index contributed by atoms with van der Waals surface area (Å²) in [5.41, 5.74) is 5.07. The molecule has 2 heterocycles. The molecule has 35 heavy (non-hydrogen) atoms. The Bertz CT molecular complexity index is 1210. The summed E-state index contributed by atoms with van der Waals surface area (Å²) in [6.07, 6.45) is 4.18. The van der Waals surface area contributed by atoms with Crippen molar-refractivity contribution in [1.29, 1.82) is 0 Å². The molecular weight excluding hydrogens is 571 g/mol. The molecule has 2 N–H and O–H groups in total. The fraction of sp³-hybridized carbons (Fsp3) is 0.407. The number of nitrogens with zero attached hydrogens (tertiary/aromatic N) is 2. The molecule has 0 radical (unpaired) electrons. The number of piperazine rings is 1. The lowest BCUT2D eigenvalue weighted by Gasteiger charge is -2.28. The Morgan fingerprint density at radius 3 is 2.89 bits per heavy atom. The number of fused-ring (bicyclic) bond motifs is 1. The first-order chi connectivity index (χ1) is 17.0. The van der Waals surface area contributed by atoms with Crippen molar-refractivity contribution in [2.45, 2.75) is 38.8 Å². The number of nitrogens with one attached hydrogen (secondary N) is 2. The lowest BCUT2D eigenvalue weighted by molar-refractivity contribution is -0.130. The van der Waals surface area contributed by atoms with Crippen molar-refractivity contribution in [2.75, 3.05) is 32.7 Å². The van der Waals surface area contributed by atoms with Gasteiger partial charge in [-0.2, -0.15) is 0 Å². The molecular formula is C27H31IN4O2S. The molecule has 2 aromatic carbocycles. The summed E-state index contributed by atoms with van der Waals surface area (Å²) in [6, 6.07) is 13.0. The van der Waals surface area contributed by atoms with Gasteiger partial charge in [0.25, 0.3) is 0 Å². The fourth-order valence-corrected chi connectivity index (χ4v) is 6.46. The van der Waals surface area contributed by atoms with E-state index in [2.05, 4.69) is 63.6 Å². The van der Waals surface area contributed by atoms with Crippen LogP contribution in [0.1, 0.15) is 37.4 Å². The van der Waals surface area contributed by atoms with Crippen LogP contribution in [0.15, 0.2) is 42.6 Å². The third kappa shape index (κ3) is 5.55. The summed E-state index contributed by atoms with van der Waals surface area (Å²) in [7, 11) is 0. The van der Waals surface area contributed by atoms with E-state index in [0.29, 0.717) is 6.54 Å². The highest BCUT2D eigenvalue weighted by Crippen LogP contribution is 2.41. The molecule has 2 aliphatic rings. The average Bonchev–Trinajstić information content (AvgIpc) is 3.52. The Labute approximate surface area is 224 Å². The molecule has 1 saturated heterocycles. The fourth-order valence-electron chi connectivity index (χ4n) is 4.85. The van der Waals surface area contributed by atoms with Gasteiger partial charge in [-0.3, -0.25) is 4.79 Å². The molecule has 1 fully saturated rings. The van der Waals surface area contributed by atoms with Crippen LogP contribution < -0.4 is 15.4 Å². The molecule has 184 valence electrons. The van der Waals surface area contributed by atoms with Gasteiger partial charge in [-0.15, -0.1) is 11.3 Å². The maximum atomic E-state index is 12.6. The van der Waals surface area contributed by atoms with Crippen molar-refractivity contribution < 1.29 is 9.53 Å². The molecule has 0 spiro atoms. The van der Waals surface area contributed by atoms with Crippen LogP contribution in [0.5, 0.6) is 5.75 Å². The average molecular weight is 603 g/mol. The molecule has 3 aromatic rings. The topological polar surface area (TPSA) is 66.5 Å². The molecule has 1 atom stereocenters. The minimum Gasteiger partial charge on any atom is -0.490 e. The number of carbonyl (C=O) groups is 1. The van der Waals surface area contributed by atoms with E-state index < -0.39 is 0 Å². The summed E-state index contributed by atoms with van der Waals surface area (Å²) < 4.78 is 6.98. The number of ether oxygens (including phenoxy) is 1. The maximum Gasteiger partial charge on any atom is 0.236 e. The van der Waals surface area contributed by atoms with E-state index in [1.54, 1.807) is 11.3 Å². The highest BCUT2D eigenvalue weighted by Gasteiger charge is 2.26. The van der Waals surface area contributed by atoms with Crippen LogP contribution in [0.3, 0.4) is 0 Å². The van der Waals surface area contributed by atoms with Crippen molar-refractivity contribution in [3.05, 3.63) is 57.3 Å². The zero-order chi connectivity index (χ0) is 24.4. The van der Waals surface area contributed by atoms with Gasteiger partial charge in [-0.05, 0) is 84.2 Å². The van der Waals surface area contributed by atoms with Crippen molar-refractivity contribution in [3.63, 3.8) is 0 Å². The number of amides is 1. The number of benzene rings is 2. The number of hydrogen-bond acceptors (Lipinski definition) is 6. The third-order valence-corrected chi connectivity index (χ3v) is 8.48. The first-order valence-corrected chi connectivity index (χ1v) is 14.2. The second kappa shape index (κ2) is 10.9. The van der Waals surface area contributed by atoms with Gasteiger partial charge < -0.3 is 20.3 Å². The van der Waals surface area contributed by atoms with Crippen molar-refractivity contribution in [2.24, 2.45) is 0 Å². The zero-order valence-electron chi connectivity index (χ0n) is 20.1. The molecule has 0 saturated carbocycles. The van der Waals surface area contributed by atoms with E-state index in [1.807, 2.05) is 31.0 Å². The summed E-state index contributed by atoms with van der Waals surface area (Å²) >= 11 is 4.06. The smallest absolute Gasteiger partial charge is 0.236 e. The lowest BCUT2D eigenvalue weighted by Crippen LogP contribution is -2.49. The second-order valence-electron chi connectivity index (χ2n) is 9.32. The maximum absolute atomic E-state index is 12.6. The van der Waals surface area contributed by atoms with Gasteiger partial charge in [0, 0.05) is 44.0 Å². The van der Waals surface area contributed by atoms with E-state index in [0.717, 1.165) is 58.9 Å². The highest BCUT2D eigenvalue weighted by atomic mass is 127. The Morgan fingerprint density at radius 1 is 1.29 bits per heavy atom. The molecule has 1 aliphatic carbocycles. The van der Waals surface area contributed by atoms with Crippen LogP contribution in [0.4, 0.5) is 0 Å². The highest BCUT2D eigenvalue weighted by molar-refractivity contribution is 14.1. The molecule has 0 bridgehead atoms. The largest absolute Gasteiger partial charge is 0.490 e. The number of carbonyl (C=O) groups excluding carboxylic acids is 1. The second-order valence-corrected chi connectivity index (χ2v) is 11.5. The van der Waals surface area contributed by atoms with E-state index in [9.17, 15) is 4.79 Å². The minimum absolute atomic E-state index is 0.152. The Hall–Kier alpha value is -2.01. The molecule has 8 heteroatoms. The van der Waals surface area contributed by atoms with Crippen LogP contribution in [0.25, 0.3) is 21.0 Å². The lowest BCUT2D eigenvalue weighted by atomic mass is 10.0. The molecule has 1 amide bonds. The quantitative estimate of drug-likeness (QED) is 0.378. The van der Waals surface area contributed by atoms with Crippen LogP contribution in [0, 0.1) is 3.57 Å². The van der Waals surface area contributed by atoms with E-state index in [-0.39, 0.29) is 18.1 Å². The van der Waals surface area contributed by atoms with E-state index >= 15 is 0 Å². The van der Waals surface area contributed by atoms with Gasteiger partial charge in [-0.1, -0.05) is 18.2 Å². The molecule has 5 rings (SSSR count). The van der Waals surface area contributed by atoms with Gasteiger partial charge in [0.05, 0.1) is 21.1 Å². The van der Waals surface area contributed by atoms with Crippen LogP contribution in [0.2, 0.25) is 0 Å². The van der Waals surface area contributed by atoms with Gasteiger partial charge in [-0.25, -0.2) is 4.98 Å². The van der Waals surface area contributed by atoms with Gasteiger partial charge in [0.1, 0.15) is 10.8 Å². The predicted octanol–water partition coefficient (Wildman–Crippen LogP) is 4.88. The number of halogens is 1. The number of hydrogen-bond donors (Lipinski definition) is 2. The first kappa shape index (κ1) is 24.7. The van der Waals surface area contributed by atoms with Crippen LogP contribution in [-0.4, -0.2) is 54.6 Å². The Kier molecular flexibility index (Phi) is 7.71. The number of rotatable bonds is 7. The molecule has 1 aromatic heterocycles. The normalized spacial score (nSPS) is 17.6. The number of aromatic nitrogens is 1. The molecule has 6 nitrogen and oxygen atoms in total. The molecule has 1 aliphatic heterocycles. The van der Waals surface area contributed by atoms with Crippen LogP contribution >= 0.6 is 33.9 Å². The van der Waals surface area contributed by atoms with Gasteiger partial charge >= 0.3 is 0 Å². The van der Waals surface area contributed by atoms with Crippen LogP contribution in [-0.2, 0) is 11.2 Å². The van der Waals surface area contributed by atoms with Crippen molar-refractivity contribution >= 4 is 39.8 Å². The Morgan fingerprint density at radius 2 is 2.11 bits per heavy atom. The SMILES string of the molecule is CC(C)Oc1ccc(-c2ncc(-c3cccc4c3CC[C@@H]4NCC(=O)N3CCNCC3)s2)cc1I. The minimum atomic E-state index is 0.152. The standard InChI is InChI=1S/C27H31IN4O2S/c1-17(2)34-24-9-6-18(14-22(24)28)27-31-15-25(35-27)21-5-3-4-20-19(21)7-8-23(20)30-16-26(33)32-12-10-29-11-13-32/h3-6,9,14-15,17,23,29-30H,7-8,10-13,16H2,1-2H3/t23-/m0/s1. The van der Waals surface area contributed by atoms with E-state index in [1.165, 1.54) is 21.6 Å². The van der Waals surface area contributed by atoms with Gasteiger partial charge in [0.2, 0.25) is 5.91 Å². The monoisotopic (exact) mass is 602 g/mol. The summed E-state index contributed by atoms with van der Waals surface area (Å²) in [5.74, 6) is 1.11. The summed E-state index contributed by atoms with van der Waals surface area (Å²) in [5, 5.41) is 7.85. The Balaban J connectivity index is 1.31. The molecule has 0 unspecified atom stereocenters. The third-order valence-electron chi connectivity index (χ3n) is 6.55.